The van der Waals surface area contributed by atoms with Gasteiger partial charge in [-0.15, -0.1) is 6.42 Å². The lowest BCUT2D eigenvalue weighted by atomic mass is 10.2. The Balaban J connectivity index is 2.87. The molecular weight excluding hydrogens is 150 g/mol. The molecule has 0 aromatic carbocycles. The van der Waals surface area contributed by atoms with Crippen LogP contribution in [0.3, 0.4) is 0 Å². The molecule has 0 aliphatic carbocycles. The summed E-state index contributed by atoms with van der Waals surface area (Å²) in [5.41, 5.74) is 5.42. The third-order valence-corrected chi connectivity index (χ3v) is 1.28. The predicted molar refractivity (Wildman–Crippen MR) is 39.5 cm³/mol. The molecule has 2 N–H and O–H groups in total. The summed E-state index contributed by atoms with van der Waals surface area (Å²) in [5.74, 6) is 2.84. The topological polar surface area (TPSA) is 39.2 Å². The molecule has 0 spiro atoms. The summed E-state index contributed by atoms with van der Waals surface area (Å²) < 4.78 is 4.93. The molecule has 1 aromatic rings. The average Bonchev–Trinajstić information content (AvgIpc) is 2.34. The van der Waals surface area contributed by atoms with E-state index >= 15 is 0 Å². The smallest absolute Gasteiger partial charge is 0.193 e. The third-order valence-electron chi connectivity index (χ3n) is 1.08. The minimum absolute atomic E-state index is 0.306. The molecule has 0 saturated heterocycles. The Morgan fingerprint density at radius 2 is 2.40 bits per heavy atom. The van der Waals surface area contributed by atoms with Crippen LogP contribution in [0.5, 0.6) is 0 Å². The van der Waals surface area contributed by atoms with Gasteiger partial charge in [0.05, 0.1) is 0 Å². The fourth-order valence-corrected chi connectivity index (χ4v) is 0.730. The van der Waals surface area contributed by atoms with Crippen LogP contribution in [0.4, 0.5) is 0 Å². The number of hydrogen-bond donors (Lipinski definition) is 1. The lowest BCUT2D eigenvalue weighted by Gasteiger charge is -1.95. The van der Waals surface area contributed by atoms with Crippen LogP contribution >= 0.6 is 11.6 Å². The molecule has 0 amide bonds. The Hall–Kier alpha value is -0.910. The molecule has 1 unspecified atom stereocenters. The van der Waals surface area contributed by atoms with E-state index in [2.05, 4.69) is 5.92 Å². The maximum absolute atomic E-state index is 5.47. The minimum Gasteiger partial charge on any atom is -0.447 e. The first kappa shape index (κ1) is 7.20. The lowest BCUT2D eigenvalue weighted by molar-refractivity contribution is 0.500. The normalized spacial score (nSPS) is 12.5. The zero-order valence-electron chi connectivity index (χ0n) is 5.17. The molecule has 2 nitrogen and oxygen atoms in total. The largest absolute Gasteiger partial charge is 0.447 e. The van der Waals surface area contributed by atoms with Gasteiger partial charge in [0.1, 0.15) is 11.8 Å². The van der Waals surface area contributed by atoms with E-state index in [-0.39, 0.29) is 0 Å². The van der Waals surface area contributed by atoms with E-state index in [1.807, 2.05) is 0 Å². The molecule has 3 heteroatoms. The van der Waals surface area contributed by atoms with E-state index in [9.17, 15) is 0 Å². The number of halogens is 1. The number of furan rings is 1. The summed E-state index contributed by atoms with van der Waals surface area (Å²) in [6.45, 7) is 0. The molecule has 1 heterocycles. The van der Waals surface area contributed by atoms with Gasteiger partial charge < -0.3 is 10.2 Å². The Morgan fingerprint density at radius 1 is 1.70 bits per heavy atom. The maximum atomic E-state index is 5.47. The van der Waals surface area contributed by atoms with Crippen molar-refractivity contribution < 1.29 is 4.42 Å². The summed E-state index contributed by atoms with van der Waals surface area (Å²) in [6.07, 6.45) is 5.04. The van der Waals surface area contributed by atoms with Gasteiger partial charge in [-0.25, -0.2) is 0 Å². The first-order valence-corrected chi connectivity index (χ1v) is 3.09. The van der Waals surface area contributed by atoms with Crippen LogP contribution in [0.15, 0.2) is 16.5 Å². The van der Waals surface area contributed by atoms with Crippen molar-refractivity contribution in [2.75, 3.05) is 0 Å². The van der Waals surface area contributed by atoms with Crippen LogP contribution in [0, 0.1) is 12.3 Å². The van der Waals surface area contributed by atoms with Crippen molar-refractivity contribution in [2.45, 2.75) is 6.04 Å². The fourth-order valence-electron chi connectivity index (χ4n) is 0.578. The van der Waals surface area contributed by atoms with Gasteiger partial charge in [0.25, 0.3) is 0 Å². The van der Waals surface area contributed by atoms with Crippen molar-refractivity contribution in [1.29, 1.82) is 0 Å². The summed E-state index contributed by atoms with van der Waals surface area (Å²) >= 11 is 5.47. The highest BCUT2D eigenvalue weighted by atomic mass is 35.5. The molecule has 10 heavy (non-hydrogen) atoms. The number of terminal acetylenes is 1. The molecule has 0 fully saturated rings. The lowest BCUT2D eigenvalue weighted by Crippen LogP contribution is -2.05. The number of nitrogens with two attached hydrogens (primary N) is 1. The van der Waals surface area contributed by atoms with Crippen molar-refractivity contribution >= 4 is 11.6 Å². The molecule has 0 bridgehead atoms. The van der Waals surface area contributed by atoms with E-state index in [1.165, 1.54) is 0 Å². The summed E-state index contributed by atoms with van der Waals surface area (Å²) in [7, 11) is 0. The van der Waals surface area contributed by atoms with Gasteiger partial charge in [-0.05, 0) is 23.7 Å². The average molecular weight is 156 g/mol. The molecule has 1 rings (SSSR count). The zero-order chi connectivity index (χ0) is 7.56. The Bertz CT molecular complexity index is 261. The molecular formula is C7H6ClNO. The minimum atomic E-state index is -0.493. The summed E-state index contributed by atoms with van der Waals surface area (Å²) in [6, 6.07) is 2.77. The quantitative estimate of drug-likeness (QED) is 0.626. The first-order chi connectivity index (χ1) is 4.74. The molecule has 52 valence electrons. The summed E-state index contributed by atoms with van der Waals surface area (Å²) in [4.78, 5) is 0. The van der Waals surface area contributed by atoms with Crippen LogP contribution in [-0.4, -0.2) is 0 Å². The molecule has 1 aromatic heterocycles. The van der Waals surface area contributed by atoms with Crippen molar-refractivity contribution in [2.24, 2.45) is 5.73 Å². The second-order valence-electron chi connectivity index (χ2n) is 1.79. The van der Waals surface area contributed by atoms with Crippen LogP contribution < -0.4 is 5.73 Å². The molecule has 0 aliphatic heterocycles. The van der Waals surface area contributed by atoms with E-state index < -0.39 is 6.04 Å². The van der Waals surface area contributed by atoms with E-state index in [1.54, 1.807) is 12.1 Å². The monoisotopic (exact) mass is 155 g/mol. The van der Waals surface area contributed by atoms with Crippen molar-refractivity contribution in [1.82, 2.24) is 0 Å². The van der Waals surface area contributed by atoms with Gasteiger partial charge in [0.15, 0.2) is 5.22 Å². The van der Waals surface area contributed by atoms with Gasteiger partial charge in [-0.1, -0.05) is 5.92 Å². The maximum Gasteiger partial charge on any atom is 0.193 e. The van der Waals surface area contributed by atoms with Crippen molar-refractivity contribution in [3.63, 3.8) is 0 Å². The second-order valence-corrected chi connectivity index (χ2v) is 2.16. The standard InChI is InChI=1S/C7H6ClNO/c1-2-5(9)6-3-4-7(8)10-6/h1,3-5H,9H2. The Morgan fingerprint density at radius 3 is 2.80 bits per heavy atom. The Kier molecular flexibility index (Phi) is 2.00. The van der Waals surface area contributed by atoms with Gasteiger partial charge in [-0.3, -0.25) is 0 Å². The SMILES string of the molecule is C#CC(N)c1ccc(Cl)o1. The van der Waals surface area contributed by atoms with E-state index in [0.717, 1.165) is 0 Å². The number of rotatable bonds is 1. The highest BCUT2D eigenvalue weighted by Crippen LogP contribution is 2.17. The van der Waals surface area contributed by atoms with Crippen molar-refractivity contribution in [3.8, 4) is 12.3 Å². The predicted octanol–water partition coefficient (Wildman–Crippen LogP) is 1.57. The molecule has 0 saturated carbocycles. The molecule has 1 atom stereocenters. The van der Waals surface area contributed by atoms with Crippen LogP contribution in [0.1, 0.15) is 11.8 Å². The van der Waals surface area contributed by atoms with Crippen LogP contribution in [0.25, 0.3) is 0 Å². The van der Waals surface area contributed by atoms with Gasteiger partial charge >= 0.3 is 0 Å². The van der Waals surface area contributed by atoms with Crippen LogP contribution in [0.2, 0.25) is 5.22 Å². The highest BCUT2D eigenvalue weighted by molar-refractivity contribution is 6.28. The zero-order valence-corrected chi connectivity index (χ0v) is 5.93. The third kappa shape index (κ3) is 1.32. The molecule has 0 aliphatic rings. The first-order valence-electron chi connectivity index (χ1n) is 2.71. The van der Waals surface area contributed by atoms with Gasteiger partial charge in [-0.2, -0.15) is 0 Å². The Labute approximate surface area is 64.0 Å². The summed E-state index contributed by atoms with van der Waals surface area (Å²) in [5, 5.41) is 0.306. The van der Waals surface area contributed by atoms with E-state index in [4.69, 9.17) is 28.2 Å². The van der Waals surface area contributed by atoms with Crippen LogP contribution in [-0.2, 0) is 0 Å². The number of hydrogen-bond acceptors (Lipinski definition) is 2. The van der Waals surface area contributed by atoms with E-state index in [0.29, 0.717) is 11.0 Å². The fraction of sp³-hybridized carbons (Fsp3) is 0.143. The van der Waals surface area contributed by atoms with Gasteiger partial charge in [0, 0.05) is 0 Å². The second kappa shape index (κ2) is 2.78. The van der Waals surface area contributed by atoms with Crippen molar-refractivity contribution in [3.05, 3.63) is 23.1 Å². The highest BCUT2D eigenvalue weighted by Gasteiger charge is 2.05. The molecule has 0 radical (unpaired) electrons. The van der Waals surface area contributed by atoms with Gasteiger partial charge in [0.2, 0.25) is 0 Å².